The van der Waals surface area contributed by atoms with Gasteiger partial charge in [0.2, 0.25) is 5.91 Å². The maximum absolute atomic E-state index is 12.1. The van der Waals surface area contributed by atoms with Crippen LogP contribution in [0.2, 0.25) is 0 Å². The second kappa shape index (κ2) is 7.04. The van der Waals surface area contributed by atoms with Crippen LogP contribution in [0.3, 0.4) is 0 Å². The molecule has 1 amide bonds. The van der Waals surface area contributed by atoms with Crippen LogP contribution in [0.4, 0.5) is 0 Å². The van der Waals surface area contributed by atoms with Gasteiger partial charge in [0, 0.05) is 11.3 Å². The zero-order chi connectivity index (χ0) is 15.2. The van der Waals surface area contributed by atoms with Gasteiger partial charge in [-0.1, -0.05) is 30.3 Å². The van der Waals surface area contributed by atoms with Gasteiger partial charge in [-0.2, -0.15) is 5.10 Å². The first-order valence-electron chi connectivity index (χ1n) is 7.04. The minimum atomic E-state index is -0.271. The molecule has 2 rings (SSSR count). The Hall–Kier alpha value is -2.14. The summed E-state index contributed by atoms with van der Waals surface area (Å²) in [4.78, 5) is 12.1. The van der Waals surface area contributed by atoms with Crippen LogP contribution in [-0.4, -0.2) is 33.9 Å². The van der Waals surface area contributed by atoms with Crippen molar-refractivity contribution < 1.29 is 9.90 Å². The molecule has 1 heterocycles. The maximum Gasteiger partial charge on any atom is 0.224 e. The normalized spacial score (nSPS) is 12.1. The summed E-state index contributed by atoms with van der Waals surface area (Å²) in [6.07, 6.45) is 0.895. The van der Waals surface area contributed by atoms with Crippen molar-refractivity contribution in [2.24, 2.45) is 0 Å². The number of hydrogen-bond acceptors (Lipinski definition) is 3. The number of hydrogen-bond donors (Lipinski definition) is 3. The maximum atomic E-state index is 12.1. The number of nitrogens with one attached hydrogen (secondary N) is 2. The molecule has 112 valence electrons. The molecular formula is C16H21N3O2. The van der Waals surface area contributed by atoms with Gasteiger partial charge < -0.3 is 10.4 Å². The smallest absolute Gasteiger partial charge is 0.224 e. The average molecular weight is 287 g/mol. The standard InChI is InChI=1S/C16H21N3O2/c1-11-15(12(2)19-18-11)9-16(21)17-14(10-20)8-13-6-4-3-5-7-13/h3-7,14,20H,8-10H2,1-2H3,(H,17,21)(H,18,19). The summed E-state index contributed by atoms with van der Waals surface area (Å²) in [5.41, 5.74) is 3.76. The van der Waals surface area contributed by atoms with Crippen LogP contribution in [0.5, 0.6) is 0 Å². The largest absolute Gasteiger partial charge is 0.394 e. The van der Waals surface area contributed by atoms with E-state index in [1.54, 1.807) is 0 Å². The minimum absolute atomic E-state index is 0.0794. The number of carbonyl (C=O) groups is 1. The molecule has 0 bridgehead atoms. The van der Waals surface area contributed by atoms with Crippen LogP contribution in [0.15, 0.2) is 30.3 Å². The Morgan fingerprint density at radius 2 is 2.05 bits per heavy atom. The van der Waals surface area contributed by atoms with Crippen LogP contribution in [-0.2, 0) is 17.6 Å². The number of nitrogens with zero attached hydrogens (tertiary/aromatic N) is 1. The lowest BCUT2D eigenvalue weighted by atomic mass is 10.1. The Kier molecular flexibility index (Phi) is 5.11. The number of aromatic amines is 1. The molecule has 1 aromatic heterocycles. The highest BCUT2D eigenvalue weighted by molar-refractivity contribution is 5.79. The number of benzene rings is 1. The molecule has 1 unspecified atom stereocenters. The van der Waals surface area contributed by atoms with Gasteiger partial charge in [-0.15, -0.1) is 0 Å². The molecule has 0 aliphatic heterocycles. The quantitative estimate of drug-likeness (QED) is 0.749. The number of H-pyrrole nitrogens is 1. The number of aryl methyl sites for hydroxylation is 2. The summed E-state index contributed by atoms with van der Waals surface area (Å²) >= 11 is 0. The highest BCUT2D eigenvalue weighted by Gasteiger charge is 2.15. The lowest BCUT2D eigenvalue weighted by Gasteiger charge is -2.16. The Labute approximate surface area is 124 Å². The molecule has 0 spiro atoms. The Bertz CT molecular complexity index is 573. The molecule has 3 N–H and O–H groups in total. The molecule has 0 fully saturated rings. The molecule has 0 saturated heterocycles. The molecule has 0 aliphatic carbocycles. The number of amides is 1. The third-order valence-corrected chi connectivity index (χ3v) is 3.53. The van der Waals surface area contributed by atoms with Gasteiger partial charge in [-0.25, -0.2) is 0 Å². The summed E-state index contributed by atoms with van der Waals surface area (Å²) in [5.74, 6) is -0.0995. The van der Waals surface area contributed by atoms with Crippen molar-refractivity contribution in [2.45, 2.75) is 32.7 Å². The molecule has 5 nitrogen and oxygen atoms in total. The van der Waals surface area contributed by atoms with E-state index in [2.05, 4.69) is 15.5 Å². The van der Waals surface area contributed by atoms with E-state index >= 15 is 0 Å². The van der Waals surface area contributed by atoms with Gasteiger partial charge in [0.15, 0.2) is 0 Å². The molecule has 0 aliphatic rings. The molecule has 1 atom stereocenters. The lowest BCUT2D eigenvalue weighted by molar-refractivity contribution is -0.121. The molecule has 0 saturated carbocycles. The van der Waals surface area contributed by atoms with Crippen LogP contribution >= 0.6 is 0 Å². The van der Waals surface area contributed by atoms with Gasteiger partial charge in [0.1, 0.15) is 0 Å². The molecular weight excluding hydrogens is 266 g/mol. The molecule has 1 aromatic carbocycles. The topological polar surface area (TPSA) is 78.0 Å². The summed E-state index contributed by atoms with van der Waals surface area (Å²) in [7, 11) is 0. The van der Waals surface area contributed by atoms with Crippen molar-refractivity contribution in [3.05, 3.63) is 52.8 Å². The zero-order valence-corrected chi connectivity index (χ0v) is 12.4. The second-order valence-electron chi connectivity index (χ2n) is 5.23. The van der Waals surface area contributed by atoms with E-state index in [1.807, 2.05) is 44.2 Å². The summed E-state index contributed by atoms with van der Waals surface area (Å²) in [6, 6.07) is 9.54. The lowest BCUT2D eigenvalue weighted by Crippen LogP contribution is -2.40. The van der Waals surface area contributed by atoms with Crippen molar-refractivity contribution >= 4 is 5.91 Å². The van der Waals surface area contributed by atoms with Crippen LogP contribution < -0.4 is 5.32 Å². The third kappa shape index (κ3) is 4.16. The highest BCUT2D eigenvalue weighted by Crippen LogP contribution is 2.10. The van der Waals surface area contributed by atoms with Crippen LogP contribution in [0, 0.1) is 13.8 Å². The van der Waals surface area contributed by atoms with E-state index in [1.165, 1.54) is 0 Å². The third-order valence-electron chi connectivity index (χ3n) is 3.53. The SMILES string of the molecule is Cc1n[nH]c(C)c1CC(=O)NC(CO)Cc1ccccc1. The Balaban J connectivity index is 1.94. The van der Waals surface area contributed by atoms with Crippen molar-refractivity contribution in [3.63, 3.8) is 0 Å². The second-order valence-corrected chi connectivity index (χ2v) is 5.23. The summed E-state index contributed by atoms with van der Waals surface area (Å²) < 4.78 is 0. The van der Waals surface area contributed by atoms with Gasteiger partial charge in [0.25, 0.3) is 0 Å². The molecule has 21 heavy (non-hydrogen) atoms. The van der Waals surface area contributed by atoms with Gasteiger partial charge in [-0.3, -0.25) is 9.89 Å². The zero-order valence-electron chi connectivity index (χ0n) is 12.4. The number of aliphatic hydroxyl groups is 1. The van der Waals surface area contributed by atoms with E-state index in [4.69, 9.17) is 0 Å². The fourth-order valence-electron chi connectivity index (χ4n) is 2.33. The Morgan fingerprint density at radius 3 is 2.62 bits per heavy atom. The highest BCUT2D eigenvalue weighted by atomic mass is 16.3. The van der Waals surface area contributed by atoms with E-state index in [-0.39, 0.29) is 25.0 Å². The summed E-state index contributed by atoms with van der Waals surface area (Å²) in [6.45, 7) is 3.69. The molecule has 5 heteroatoms. The first-order valence-corrected chi connectivity index (χ1v) is 7.04. The predicted molar refractivity (Wildman–Crippen MR) is 80.9 cm³/mol. The van der Waals surface area contributed by atoms with Crippen molar-refractivity contribution in [1.82, 2.24) is 15.5 Å². The van der Waals surface area contributed by atoms with Crippen molar-refractivity contribution in [1.29, 1.82) is 0 Å². The predicted octanol–water partition coefficient (Wildman–Crippen LogP) is 1.29. The first-order chi connectivity index (χ1) is 10.1. The summed E-state index contributed by atoms with van der Waals surface area (Å²) in [5, 5.41) is 19.3. The minimum Gasteiger partial charge on any atom is -0.394 e. The number of aliphatic hydroxyl groups excluding tert-OH is 1. The van der Waals surface area contributed by atoms with Gasteiger partial charge in [-0.05, 0) is 25.8 Å². The van der Waals surface area contributed by atoms with Crippen molar-refractivity contribution in [2.75, 3.05) is 6.61 Å². The fourth-order valence-corrected chi connectivity index (χ4v) is 2.33. The van der Waals surface area contributed by atoms with E-state index in [9.17, 15) is 9.90 Å². The Morgan fingerprint density at radius 1 is 1.33 bits per heavy atom. The van der Waals surface area contributed by atoms with Crippen LogP contribution in [0.1, 0.15) is 22.5 Å². The van der Waals surface area contributed by atoms with Gasteiger partial charge in [0.05, 0.1) is 24.8 Å². The fraction of sp³-hybridized carbons (Fsp3) is 0.375. The monoisotopic (exact) mass is 287 g/mol. The van der Waals surface area contributed by atoms with Crippen LogP contribution in [0.25, 0.3) is 0 Å². The van der Waals surface area contributed by atoms with E-state index < -0.39 is 0 Å². The molecule has 2 aromatic rings. The van der Waals surface area contributed by atoms with Gasteiger partial charge >= 0.3 is 0 Å². The number of carbonyl (C=O) groups excluding carboxylic acids is 1. The van der Waals surface area contributed by atoms with Crippen molar-refractivity contribution in [3.8, 4) is 0 Å². The number of aromatic nitrogens is 2. The first kappa shape index (κ1) is 15.3. The number of rotatable bonds is 6. The van der Waals surface area contributed by atoms with E-state index in [0.29, 0.717) is 6.42 Å². The van der Waals surface area contributed by atoms with E-state index in [0.717, 1.165) is 22.5 Å². The average Bonchev–Trinajstić information content (AvgIpc) is 2.79. The molecule has 0 radical (unpaired) electrons.